The number of fused-ring (bicyclic) bond motifs is 2. The fourth-order valence-corrected chi connectivity index (χ4v) is 7.23. The molecular weight excluding hydrogens is 574 g/mol. The van der Waals surface area contributed by atoms with E-state index in [1.807, 2.05) is 47.4 Å². The molecule has 3 amide bonds. The maximum Gasteiger partial charge on any atom is 0.306 e. The molecule has 5 rings (SSSR count). The first-order valence-corrected chi connectivity index (χ1v) is 16.6. The van der Waals surface area contributed by atoms with Crippen LogP contribution in [0.25, 0.3) is 0 Å². The molecule has 6 atom stereocenters. The van der Waals surface area contributed by atoms with E-state index in [1.54, 1.807) is 17.1 Å². The first kappa shape index (κ1) is 32.9. The zero-order chi connectivity index (χ0) is 31.8. The van der Waals surface area contributed by atoms with Crippen molar-refractivity contribution >= 4 is 23.7 Å². The van der Waals surface area contributed by atoms with Gasteiger partial charge in [-0.25, -0.2) is 0 Å². The SMILES string of the molecule is CCCCCN1CC=C[C@@]23O[C@H]4/C=C\CCC(=O)OC[C@H](c5ccccc5)NC(=O)[C@H]4[C@@H]2C(=O)N(CCCCCCO)[C@H]3C1=O. The number of allylic oxidation sites excluding steroid dienone is 1. The van der Waals surface area contributed by atoms with Crippen LogP contribution in [0.15, 0.2) is 54.6 Å². The number of hydrogen-bond donors (Lipinski definition) is 2. The van der Waals surface area contributed by atoms with Gasteiger partial charge >= 0.3 is 5.97 Å². The molecule has 4 aliphatic rings. The monoisotopic (exact) mass is 621 g/mol. The van der Waals surface area contributed by atoms with Crippen molar-refractivity contribution in [3.8, 4) is 0 Å². The molecule has 10 nitrogen and oxygen atoms in total. The third-order valence-corrected chi connectivity index (χ3v) is 9.49. The summed E-state index contributed by atoms with van der Waals surface area (Å²) >= 11 is 0. The van der Waals surface area contributed by atoms with E-state index in [0.717, 1.165) is 37.7 Å². The molecule has 244 valence electrons. The Morgan fingerprint density at radius 2 is 1.73 bits per heavy atom. The predicted octanol–water partition coefficient (Wildman–Crippen LogP) is 3.46. The number of unbranched alkanes of at least 4 members (excludes halogenated alkanes) is 5. The normalized spacial score (nSPS) is 30.8. The van der Waals surface area contributed by atoms with Gasteiger partial charge in [-0.15, -0.1) is 0 Å². The molecule has 0 unspecified atom stereocenters. The smallest absolute Gasteiger partial charge is 0.306 e. The van der Waals surface area contributed by atoms with Gasteiger partial charge in [-0.2, -0.15) is 0 Å². The molecule has 2 saturated heterocycles. The van der Waals surface area contributed by atoms with Crippen molar-refractivity contribution in [2.45, 2.75) is 88.5 Å². The topological polar surface area (TPSA) is 125 Å². The van der Waals surface area contributed by atoms with Crippen LogP contribution in [0.1, 0.15) is 76.3 Å². The second-order valence-corrected chi connectivity index (χ2v) is 12.5. The van der Waals surface area contributed by atoms with Crippen LogP contribution in [-0.2, 0) is 28.7 Å². The van der Waals surface area contributed by atoms with Gasteiger partial charge in [0.25, 0.3) is 0 Å². The van der Waals surface area contributed by atoms with E-state index in [0.29, 0.717) is 38.9 Å². The average Bonchev–Trinajstić information content (AvgIpc) is 3.42. The van der Waals surface area contributed by atoms with Crippen LogP contribution in [0.3, 0.4) is 0 Å². The number of esters is 1. The van der Waals surface area contributed by atoms with Crippen molar-refractivity contribution in [1.29, 1.82) is 0 Å². The highest BCUT2D eigenvalue weighted by molar-refractivity contribution is 5.99. The molecule has 1 aromatic rings. The van der Waals surface area contributed by atoms with Gasteiger partial charge < -0.3 is 29.7 Å². The Morgan fingerprint density at radius 1 is 0.956 bits per heavy atom. The van der Waals surface area contributed by atoms with Crippen molar-refractivity contribution in [2.75, 3.05) is 32.8 Å². The molecule has 10 heteroatoms. The van der Waals surface area contributed by atoms with Crippen molar-refractivity contribution in [1.82, 2.24) is 15.1 Å². The van der Waals surface area contributed by atoms with Crippen LogP contribution in [0.2, 0.25) is 0 Å². The Bertz CT molecular complexity index is 1270. The number of rotatable bonds is 11. The summed E-state index contributed by atoms with van der Waals surface area (Å²) in [4.78, 5) is 59.1. The molecule has 4 aliphatic heterocycles. The van der Waals surface area contributed by atoms with Crippen molar-refractivity contribution < 1.29 is 33.8 Å². The molecule has 2 N–H and O–H groups in total. The molecule has 2 fully saturated rings. The summed E-state index contributed by atoms with van der Waals surface area (Å²) in [5, 5.41) is 12.3. The van der Waals surface area contributed by atoms with Crippen molar-refractivity contribution in [2.24, 2.45) is 11.8 Å². The quantitative estimate of drug-likeness (QED) is 0.220. The number of nitrogens with one attached hydrogen (secondary N) is 1. The highest BCUT2D eigenvalue weighted by atomic mass is 16.5. The van der Waals surface area contributed by atoms with Crippen molar-refractivity contribution in [3.63, 3.8) is 0 Å². The largest absolute Gasteiger partial charge is 0.463 e. The number of hydrogen-bond acceptors (Lipinski definition) is 7. The van der Waals surface area contributed by atoms with E-state index >= 15 is 0 Å². The number of aliphatic hydroxyl groups excluding tert-OH is 1. The molecule has 4 heterocycles. The summed E-state index contributed by atoms with van der Waals surface area (Å²) in [6.07, 6.45) is 13.1. The maximum absolute atomic E-state index is 14.5. The number of ether oxygens (including phenoxy) is 2. The molecule has 0 saturated carbocycles. The van der Waals surface area contributed by atoms with Crippen LogP contribution < -0.4 is 5.32 Å². The Morgan fingerprint density at radius 3 is 2.51 bits per heavy atom. The number of cyclic esters (lactones) is 1. The fraction of sp³-hybridized carbons (Fsp3) is 0.600. The lowest BCUT2D eigenvalue weighted by Crippen LogP contribution is -2.55. The van der Waals surface area contributed by atoms with Gasteiger partial charge in [0.2, 0.25) is 17.7 Å². The molecule has 0 bridgehead atoms. The van der Waals surface area contributed by atoms with Crippen molar-refractivity contribution in [3.05, 3.63) is 60.2 Å². The predicted molar refractivity (Wildman–Crippen MR) is 168 cm³/mol. The van der Waals surface area contributed by atoms with Gasteiger partial charge in [0.1, 0.15) is 18.2 Å². The average molecular weight is 622 g/mol. The van der Waals surface area contributed by atoms with E-state index in [2.05, 4.69) is 12.2 Å². The fourth-order valence-electron chi connectivity index (χ4n) is 7.23. The number of amides is 3. The molecule has 0 aromatic heterocycles. The minimum absolute atomic E-state index is 0.0337. The molecule has 45 heavy (non-hydrogen) atoms. The van der Waals surface area contributed by atoms with Crippen LogP contribution in [-0.4, -0.2) is 89.2 Å². The number of aliphatic hydroxyl groups is 1. The summed E-state index contributed by atoms with van der Waals surface area (Å²) < 4.78 is 12.3. The number of benzene rings is 1. The third-order valence-electron chi connectivity index (χ3n) is 9.49. The van der Waals surface area contributed by atoms with Crippen LogP contribution in [0.5, 0.6) is 0 Å². The number of likely N-dealkylation sites (tertiary alicyclic amines) is 1. The highest BCUT2D eigenvalue weighted by Gasteiger charge is 2.71. The summed E-state index contributed by atoms with van der Waals surface area (Å²) in [5.41, 5.74) is -0.520. The Hall–Kier alpha value is -3.50. The van der Waals surface area contributed by atoms with Crippen LogP contribution >= 0.6 is 0 Å². The van der Waals surface area contributed by atoms with Gasteiger partial charge in [-0.1, -0.05) is 87.2 Å². The second kappa shape index (κ2) is 15.2. The zero-order valence-electron chi connectivity index (χ0n) is 26.3. The maximum atomic E-state index is 14.5. The van der Waals surface area contributed by atoms with Gasteiger partial charge in [0.15, 0.2) is 0 Å². The van der Waals surface area contributed by atoms with Gasteiger partial charge in [-0.3, -0.25) is 19.2 Å². The lowest BCUT2D eigenvalue weighted by Gasteiger charge is -2.35. The Balaban J connectivity index is 1.51. The Kier molecular flexibility index (Phi) is 11.1. The molecule has 0 aliphatic carbocycles. The van der Waals surface area contributed by atoms with Crippen LogP contribution in [0, 0.1) is 11.8 Å². The van der Waals surface area contributed by atoms with E-state index in [1.165, 1.54) is 0 Å². The van der Waals surface area contributed by atoms with E-state index in [-0.39, 0.29) is 43.3 Å². The molecule has 1 spiro atoms. The second-order valence-electron chi connectivity index (χ2n) is 12.5. The molecule has 1 aromatic carbocycles. The lowest BCUT2D eigenvalue weighted by molar-refractivity contribution is -0.148. The highest BCUT2D eigenvalue weighted by Crippen LogP contribution is 2.53. The van der Waals surface area contributed by atoms with Gasteiger partial charge in [0, 0.05) is 32.7 Å². The van der Waals surface area contributed by atoms with E-state index < -0.39 is 35.6 Å². The molecule has 0 radical (unpaired) electrons. The van der Waals surface area contributed by atoms with Gasteiger partial charge in [-0.05, 0) is 31.2 Å². The first-order chi connectivity index (χ1) is 21.9. The summed E-state index contributed by atoms with van der Waals surface area (Å²) in [7, 11) is 0. The van der Waals surface area contributed by atoms with Crippen LogP contribution in [0.4, 0.5) is 0 Å². The van der Waals surface area contributed by atoms with E-state index in [4.69, 9.17) is 9.47 Å². The molecular formula is C35H47N3O7. The number of nitrogens with zero attached hydrogens (tertiary/aromatic N) is 2. The van der Waals surface area contributed by atoms with E-state index in [9.17, 15) is 24.3 Å². The minimum atomic E-state index is -1.30. The minimum Gasteiger partial charge on any atom is -0.463 e. The standard InChI is InChI=1S/C35H47N3O7/c1-2-3-11-20-37-21-14-19-35-30(33(42)38(31(35)34(37)43)22-12-4-5-13-23-39)29-27(45-35)17-9-10-18-28(40)44-24-26(36-32(29)41)25-15-7-6-8-16-25/h6-9,14-17,19,26-27,29-31,39H,2-5,10-13,18,20-24H2,1H3,(H,36,41)/b17-9-/t26-,27+,29-,30-,31+,35-/m1/s1. The Labute approximate surface area is 265 Å². The summed E-state index contributed by atoms with van der Waals surface area (Å²) in [6, 6.07) is 7.82. The van der Waals surface area contributed by atoms with Gasteiger partial charge in [0.05, 0.1) is 24.0 Å². The number of carbonyl (C=O) groups is 4. The first-order valence-electron chi connectivity index (χ1n) is 16.6. The third kappa shape index (κ3) is 7.02. The summed E-state index contributed by atoms with van der Waals surface area (Å²) in [6.45, 7) is 3.59. The summed E-state index contributed by atoms with van der Waals surface area (Å²) in [5.74, 6) is -2.92. The zero-order valence-corrected chi connectivity index (χ0v) is 26.3. The lowest BCUT2D eigenvalue weighted by atomic mass is 9.77. The number of carbonyl (C=O) groups excluding carboxylic acids is 4.